The first-order chi connectivity index (χ1) is 6.73. The van der Waals surface area contributed by atoms with Crippen molar-refractivity contribution in [1.82, 2.24) is 0 Å². The predicted molar refractivity (Wildman–Crippen MR) is 55.7 cm³/mol. The van der Waals surface area contributed by atoms with Crippen LogP contribution in [0.2, 0.25) is 0 Å². The normalized spacial score (nSPS) is 12.3. The summed E-state index contributed by atoms with van der Waals surface area (Å²) in [6, 6.07) is 2.69. The molecule has 0 bridgehead atoms. The molecule has 1 N–H and O–H groups in total. The molecule has 1 nitrogen and oxygen atoms in total. The molecule has 0 saturated carbocycles. The third kappa shape index (κ3) is 2.53. The molecule has 84 valence electrons. The number of aliphatic hydroxyl groups is 1. The van der Waals surface area contributed by atoms with Gasteiger partial charge in [0.1, 0.15) is 0 Å². The third-order valence-electron chi connectivity index (χ3n) is 2.38. The highest BCUT2D eigenvalue weighted by Gasteiger charge is 2.24. The van der Waals surface area contributed by atoms with Crippen LogP contribution in [0.5, 0.6) is 0 Å². The van der Waals surface area contributed by atoms with Gasteiger partial charge in [0.2, 0.25) is 0 Å². The van der Waals surface area contributed by atoms with E-state index in [4.69, 9.17) is 0 Å². The van der Waals surface area contributed by atoms with Gasteiger partial charge in [-0.15, -0.1) is 0 Å². The zero-order valence-electron chi connectivity index (χ0n) is 9.44. The van der Waals surface area contributed by atoms with Crippen molar-refractivity contribution in [1.29, 1.82) is 0 Å². The zero-order chi connectivity index (χ0) is 11.8. The van der Waals surface area contributed by atoms with Gasteiger partial charge in [-0.05, 0) is 37.5 Å². The highest BCUT2D eigenvalue weighted by atomic mass is 19.2. The van der Waals surface area contributed by atoms with E-state index in [2.05, 4.69) is 0 Å². The van der Waals surface area contributed by atoms with Gasteiger partial charge in [0.05, 0.1) is 5.60 Å². The molecular weight excluding hydrogens is 198 g/mol. The first-order valence-electron chi connectivity index (χ1n) is 4.95. The molecule has 15 heavy (non-hydrogen) atoms. The van der Waals surface area contributed by atoms with Gasteiger partial charge in [-0.25, -0.2) is 8.78 Å². The summed E-state index contributed by atoms with van der Waals surface area (Å²) in [6.45, 7) is 6.66. The molecule has 0 saturated heterocycles. The predicted octanol–water partition coefficient (Wildman–Crippen LogP) is 3.32. The number of benzene rings is 1. The summed E-state index contributed by atoms with van der Waals surface area (Å²) < 4.78 is 26.7. The second-order valence-electron chi connectivity index (χ2n) is 4.58. The van der Waals surface area contributed by atoms with Crippen LogP contribution in [0.3, 0.4) is 0 Å². The minimum atomic E-state index is -1.37. The molecule has 0 unspecified atom stereocenters. The number of hydrogen-bond acceptors (Lipinski definition) is 1. The fourth-order valence-electron chi connectivity index (χ4n) is 1.39. The van der Waals surface area contributed by atoms with Crippen LogP contribution >= 0.6 is 0 Å². The van der Waals surface area contributed by atoms with Crippen LogP contribution in [0.25, 0.3) is 0 Å². The molecule has 0 heterocycles. The Hall–Kier alpha value is -0.960. The maximum atomic E-state index is 13.4. The van der Waals surface area contributed by atoms with Gasteiger partial charge in [-0.1, -0.05) is 13.8 Å². The van der Waals surface area contributed by atoms with Crippen molar-refractivity contribution in [2.24, 2.45) is 0 Å². The molecular formula is C12H16F2O. The molecule has 1 rings (SSSR count). The average Bonchev–Trinajstić information content (AvgIpc) is 2.06. The largest absolute Gasteiger partial charge is 0.386 e. The Morgan fingerprint density at radius 1 is 1.20 bits per heavy atom. The SMILES string of the molecule is CC(C)c1cc(F)c(F)c(C(C)(C)O)c1. The summed E-state index contributed by atoms with van der Waals surface area (Å²) in [7, 11) is 0. The fraction of sp³-hybridized carbons (Fsp3) is 0.500. The minimum absolute atomic E-state index is 0.00574. The number of hydrogen-bond donors (Lipinski definition) is 1. The molecule has 0 aliphatic heterocycles. The number of halogens is 2. The Morgan fingerprint density at radius 3 is 2.13 bits per heavy atom. The van der Waals surface area contributed by atoms with Crippen molar-refractivity contribution < 1.29 is 13.9 Å². The van der Waals surface area contributed by atoms with E-state index in [1.165, 1.54) is 26.0 Å². The van der Waals surface area contributed by atoms with Crippen molar-refractivity contribution >= 4 is 0 Å². The molecule has 0 radical (unpaired) electrons. The van der Waals surface area contributed by atoms with E-state index in [-0.39, 0.29) is 11.5 Å². The van der Waals surface area contributed by atoms with E-state index in [0.717, 1.165) is 0 Å². The van der Waals surface area contributed by atoms with Gasteiger partial charge in [0.25, 0.3) is 0 Å². The van der Waals surface area contributed by atoms with Gasteiger partial charge in [-0.2, -0.15) is 0 Å². The van der Waals surface area contributed by atoms with Gasteiger partial charge in [-0.3, -0.25) is 0 Å². The van der Waals surface area contributed by atoms with Crippen LogP contribution in [0.1, 0.15) is 44.7 Å². The first-order valence-corrected chi connectivity index (χ1v) is 4.95. The topological polar surface area (TPSA) is 20.2 Å². The highest BCUT2D eigenvalue weighted by molar-refractivity contribution is 5.31. The van der Waals surface area contributed by atoms with Crippen molar-refractivity contribution in [2.45, 2.75) is 39.2 Å². The van der Waals surface area contributed by atoms with Crippen LogP contribution in [0, 0.1) is 11.6 Å². The Kier molecular flexibility index (Phi) is 3.14. The van der Waals surface area contributed by atoms with Gasteiger partial charge in [0, 0.05) is 5.56 Å². The van der Waals surface area contributed by atoms with E-state index >= 15 is 0 Å². The molecule has 1 aromatic rings. The Labute approximate surface area is 88.7 Å². The maximum Gasteiger partial charge on any atom is 0.164 e. The molecule has 0 fully saturated rings. The summed E-state index contributed by atoms with van der Waals surface area (Å²) in [5.41, 5.74) is -0.673. The standard InChI is InChI=1S/C12H16F2O/c1-7(2)8-5-9(12(3,4)15)11(14)10(13)6-8/h5-7,15H,1-4H3. The summed E-state index contributed by atoms with van der Waals surface area (Å²) in [5, 5.41) is 9.69. The summed E-state index contributed by atoms with van der Waals surface area (Å²) in [5.74, 6) is -1.77. The van der Waals surface area contributed by atoms with Gasteiger partial charge in [0.15, 0.2) is 11.6 Å². The molecule has 1 aromatic carbocycles. The lowest BCUT2D eigenvalue weighted by Crippen LogP contribution is -2.19. The van der Waals surface area contributed by atoms with Crippen molar-refractivity contribution in [2.75, 3.05) is 0 Å². The Morgan fingerprint density at radius 2 is 1.73 bits per heavy atom. The third-order valence-corrected chi connectivity index (χ3v) is 2.38. The lowest BCUT2D eigenvalue weighted by atomic mass is 9.92. The molecule has 3 heteroatoms. The van der Waals surface area contributed by atoms with Gasteiger partial charge < -0.3 is 5.11 Å². The van der Waals surface area contributed by atoms with E-state index in [1.807, 2.05) is 13.8 Å². The smallest absolute Gasteiger partial charge is 0.164 e. The van der Waals surface area contributed by atoms with E-state index < -0.39 is 17.2 Å². The average molecular weight is 214 g/mol. The summed E-state index contributed by atoms with van der Waals surface area (Å²) >= 11 is 0. The maximum absolute atomic E-state index is 13.4. The van der Waals surface area contributed by atoms with Crippen LogP contribution in [0.4, 0.5) is 8.78 Å². The zero-order valence-corrected chi connectivity index (χ0v) is 9.44. The fourth-order valence-corrected chi connectivity index (χ4v) is 1.39. The van der Waals surface area contributed by atoms with E-state index in [0.29, 0.717) is 5.56 Å². The van der Waals surface area contributed by atoms with Crippen LogP contribution in [-0.2, 0) is 5.60 Å². The molecule has 0 aliphatic rings. The lowest BCUT2D eigenvalue weighted by Gasteiger charge is -2.20. The van der Waals surface area contributed by atoms with E-state index in [9.17, 15) is 13.9 Å². The van der Waals surface area contributed by atoms with Crippen molar-refractivity contribution in [3.8, 4) is 0 Å². The molecule has 0 aromatic heterocycles. The number of rotatable bonds is 2. The lowest BCUT2D eigenvalue weighted by molar-refractivity contribution is 0.0735. The van der Waals surface area contributed by atoms with Crippen LogP contribution < -0.4 is 0 Å². The minimum Gasteiger partial charge on any atom is -0.386 e. The Bertz CT molecular complexity index is 365. The summed E-state index contributed by atoms with van der Waals surface area (Å²) in [6.07, 6.45) is 0. The molecule has 0 aliphatic carbocycles. The first kappa shape index (κ1) is 12.1. The van der Waals surface area contributed by atoms with E-state index in [1.54, 1.807) is 0 Å². The van der Waals surface area contributed by atoms with Crippen molar-refractivity contribution in [3.05, 3.63) is 34.9 Å². The monoisotopic (exact) mass is 214 g/mol. The van der Waals surface area contributed by atoms with Crippen molar-refractivity contribution in [3.63, 3.8) is 0 Å². The van der Waals surface area contributed by atoms with Gasteiger partial charge >= 0.3 is 0 Å². The second kappa shape index (κ2) is 3.89. The second-order valence-corrected chi connectivity index (χ2v) is 4.58. The van der Waals surface area contributed by atoms with Crippen LogP contribution in [0.15, 0.2) is 12.1 Å². The Balaban J connectivity index is 3.38. The van der Waals surface area contributed by atoms with Crippen LogP contribution in [-0.4, -0.2) is 5.11 Å². The quantitative estimate of drug-likeness (QED) is 0.800. The highest BCUT2D eigenvalue weighted by Crippen LogP contribution is 2.28. The molecule has 0 amide bonds. The summed E-state index contributed by atoms with van der Waals surface area (Å²) in [4.78, 5) is 0. The molecule has 0 spiro atoms. The molecule has 0 atom stereocenters.